The summed E-state index contributed by atoms with van der Waals surface area (Å²) in [4.78, 5) is 12.8. The molecule has 5 nitrogen and oxygen atoms in total. The van der Waals surface area contributed by atoms with Crippen LogP contribution in [0.4, 0.5) is 0 Å². The Morgan fingerprint density at radius 2 is 1.69 bits per heavy atom. The Morgan fingerprint density at radius 1 is 1.04 bits per heavy atom. The third kappa shape index (κ3) is 4.02. The van der Waals surface area contributed by atoms with Crippen molar-refractivity contribution in [3.05, 3.63) is 65.7 Å². The van der Waals surface area contributed by atoms with Crippen molar-refractivity contribution in [2.24, 2.45) is 0 Å². The number of nitrogens with zero attached hydrogens (tertiary/aromatic N) is 4. The molecular weight excluding hydrogens is 344 g/mol. The van der Waals surface area contributed by atoms with Gasteiger partial charge in [-0.05, 0) is 40.5 Å². The molecule has 2 aromatic carbocycles. The second kappa shape index (κ2) is 7.41. The summed E-state index contributed by atoms with van der Waals surface area (Å²) < 4.78 is 1.65. The van der Waals surface area contributed by atoms with Gasteiger partial charge in [-0.2, -0.15) is 4.68 Å². The van der Waals surface area contributed by atoms with E-state index in [1.54, 1.807) is 4.68 Å². The van der Waals surface area contributed by atoms with E-state index < -0.39 is 0 Å². The molecule has 3 rings (SSSR count). The summed E-state index contributed by atoms with van der Waals surface area (Å²) in [7, 11) is 0. The highest BCUT2D eigenvalue weighted by Gasteiger charge is 2.21. The maximum Gasteiger partial charge on any atom is 0.214 e. The molecule has 1 atom stereocenters. The van der Waals surface area contributed by atoms with Gasteiger partial charge in [0.15, 0.2) is 5.78 Å². The van der Waals surface area contributed by atoms with Crippen LogP contribution < -0.4 is 0 Å². The molecule has 0 aliphatic carbocycles. The molecule has 0 bridgehead atoms. The number of hydrogen-bond donors (Lipinski definition) is 0. The van der Waals surface area contributed by atoms with Crippen molar-refractivity contribution >= 4 is 17.5 Å². The first-order chi connectivity index (χ1) is 12.4. The Balaban J connectivity index is 1.76. The van der Waals surface area contributed by atoms with E-state index >= 15 is 0 Å². The third-order valence-corrected chi connectivity index (χ3v) is 5.16. The van der Waals surface area contributed by atoms with Crippen molar-refractivity contribution in [2.45, 2.75) is 43.5 Å². The molecule has 0 amide bonds. The Kier molecular flexibility index (Phi) is 5.23. The van der Waals surface area contributed by atoms with Crippen LogP contribution in [-0.4, -0.2) is 31.2 Å². The van der Waals surface area contributed by atoms with Gasteiger partial charge >= 0.3 is 0 Å². The highest BCUT2D eigenvalue weighted by Crippen LogP contribution is 2.27. The van der Waals surface area contributed by atoms with Crippen LogP contribution in [0.3, 0.4) is 0 Å². The maximum atomic E-state index is 12.8. The molecule has 0 radical (unpaired) electrons. The SMILES string of the molecule is C[C@@H](Sc1nnnn1-c1ccccc1)C(=O)c1ccc(C(C)(C)C)cc1. The summed E-state index contributed by atoms with van der Waals surface area (Å²) in [5, 5.41) is 12.2. The molecule has 0 unspecified atom stereocenters. The standard InChI is InChI=1S/C20H22N4OS/c1-14(18(25)15-10-12-16(13-11-15)20(2,3)4)26-19-21-22-23-24(19)17-8-6-5-7-9-17/h5-14H,1-4H3/t14-/m1/s1. The fraction of sp³-hybridized carbons (Fsp3) is 0.300. The van der Waals surface area contributed by atoms with Gasteiger partial charge in [0.05, 0.1) is 10.9 Å². The minimum atomic E-state index is -0.288. The zero-order valence-corrected chi connectivity index (χ0v) is 16.2. The fourth-order valence-electron chi connectivity index (χ4n) is 2.56. The normalized spacial score (nSPS) is 12.8. The lowest BCUT2D eigenvalue weighted by Gasteiger charge is -2.19. The molecule has 0 saturated carbocycles. The van der Waals surface area contributed by atoms with E-state index in [4.69, 9.17) is 0 Å². The van der Waals surface area contributed by atoms with Crippen molar-refractivity contribution in [1.29, 1.82) is 0 Å². The molecule has 134 valence electrons. The Morgan fingerprint density at radius 3 is 2.31 bits per heavy atom. The summed E-state index contributed by atoms with van der Waals surface area (Å²) in [5.74, 6) is 0.0677. The van der Waals surface area contributed by atoms with E-state index in [2.05, 4.69) is 36.3 Å². The molecular formula is C20H22N4OS. The van der Waals surface area contributed by atoms with Crippen molar-refractivity contribution < 1.29 is 4.79 Å². The van der Waals surface area contributed by atoms with Gasteiger partial charge in [-0.3, -0.25) is 4.79 Å². The number of ketones is 1. The number of benzene rings is 2. The number of tetrazole rings is 1. The van der Waals surface area contributed by atoms with Crippen LogP contribution in [0.25, 0.3) is 5.69 Å². The van der Waals surface area contributed by atoms with Gasteiger partial charge in [0, 0.05) is 5.56 Å². The highest BCUT2D eigenvalue weighted by molar-refractivity contribution is 8.00. The first kappa shape index (κ1) is 18.3. The summed E-state index contributed by atoms with van der Waals surface area (Å²) in [6.45, 7) is 8.36. The van der Waals surface area contributed by atoms with Crippen LogP contribution in [0.15, 0.2) is 59.8 Å². The van der Waals surface area contributed by atoms with E-state index in [1.807, 2.05) is 61.5 Å². The third-order valence-electron chi connectivity index (χ3n) is 4.13. The van der Waals surface area contributed by atoms with E-state index in [0.29, 0.717) is 10.7 Å². The number of para-hydroxylation sites is 1. The lowest BCUT2D eigenvalue weighted by molar-refractivity contribution is 0.0994. The van der Waals surface area contributed by atoms with Crippen LogP contribution in [0.5, 0.6) is 0 Å². The highest BCUT2D eigenvalue weighted by atomic mass is 32.2. The lowest BCUT2D eigenvalue weighted by atomic mass is 9.86. The smallest absolute Gasteiger partial charge is 0.214 e. The van der Waals surface area contributed by atoms with Crippen LogP contribution in [0.2, 0.25) is 0 Å². The first-order valence-corrected chi connectivity index (χ1v) is 9.39. The molecule has 0 spiro atoms. The average molecular weight is 366 g/mol. The van der Waals surface area contributed by atoms with Gasteiger partial charge in [0.2, 0.25) is 5.16 Å². The van der Waals surface area contributed by atoms with E-state index in [9.17, 15) is 4.79 Å². The van der Waals surface area contributed by atoms with Gasteiger partial charge in [0.25, 0.3) is 0 Å². The molecule has 0 aliphatic rings. The van der Waals surface area contributed by atoms with Crippen LogP contribution >= 0.6 is 11.8 Å². The summed E-state index contributed by atoms with van der Waals surface area (Å²) in [6.07, 6.45) is 0. The maximum absolute atomic E-state index is 12.8. The fourth-order valence-corrected chi connectivity index (χ4v) is 3.45. The molecule has 1 heterocycles. The Labute approximate surface area is 157 Å². The lowest BCUT2D eigenvalue weighted by Crippen LogP contribution is -2.16. The number of thioether (sulfide) groups is 1. The summed E-state index contributed by atoms with van der Waals surface area (Å²) >= 11 is 1.36. The van der Waals surface area contributed by atoms with Crippen molar-refractivity contribution in [2.75, 3.05) is 0 Å². The predicted octanol–water partition coefficient (Wildman–Crippen LogP) is 4.32. The van der Waals surface area contributed by atoms with Gasteiger partial charge < -0.3 is 0 Å². The van der Waals surface area contributed by atoms with Gasteiger partial charge in [-0.15, -0.1) is 5.10 Å². The average Bonchev–Trinajstić information content (AvgIpc) is 3.09. The number of hydrogen-bond acceptors (Lipinski definition) is 5. The second-order valence-corrected chi connectivity index (χ2v) is 8.47. The number of carbonyl (C=O) groups is 1. The first-order valence-electron chi connectivity index (χ1n) is 8.51. The molecule has 0 N–H and O–H groups in total. The zero-order chi connectivity index (χ0) is 18.7. The number of rotatable bonds is 5. The summed E-state index contributed by atoms with van der Waals surface area (Å²) in [5.41, 5.74) is 2.85. The predicted molar refractivity (Wildman–Crippen MR) is 104 cm³/mol. The van der Waals surface area contributed by atoms with Crippen molar-refractivity contribution in [3.8, 4) is 5.69 Å². The Bertz CT molecular complexity index is 882. The van der Waals surface area contributed by atoms with Gasteiger partial charge in [-0.25, -0.2) is 0 Å². The van der Waals surface area contributed by atoms with E-state index in [0.717, 1.165) is 5.69 Å². The quantitative estimate of drug-likeness (QED) is 0.497. The number of aromatic nitrogens is 4. The molecule has 0 fully saturated rings. The summed E-state index contributed by atoms with van der Waals surface area (Å²) in [6, 6.07) is 17.5. The van der Waals surface area contributed by atoms with Crippen LogP contribution in [-0.2, 0) is 5.41 Å². The molecule has 6 heteroatoms. The second-order valence-electron chi connectivity index (χ2n) is 7.16. The van der Waals surface area contributed by atoms with Crippen LogP contribution in [0, 0.1) is 0 Å². The van der Waals surface area contributed by atoms with Crippen molar-refractivity contribution in [3.63, 3.8) is 0 Å². The van der Waals surface area contributed by atoms with Crippen LogP contribution in [0.1, 0.15) is 43.6 Å². The number of carbonyl (C=O) groups excluding carboxylic acids is 1. The Hall–Kier alpha value is -2.47. The molecule has 0 aliphatic heterocycles. The minimum Gasteiger partial charge on any atom is -0.293 e. The molecule has 26 heavy (non-hydrogen) atoms. The minimum absolute atomic E-state index is 0.0677. The monoisotopic (exact) mass is 366 g/mol. The van der Waals surface area contributed by atoms with E-state index in [-0.39, 0.29) is 16.4 Å². The van der Waals surface area contributed by atoms with E-state index in [1.165, 1.54) is 17.3 Å². The largest absolute Gasteiger partial charge is 0.293 e. The van der Waals surface area contributed by atoms with Gasteiger partial charge in [0.1, 0.15) is 0 Å². The zero-order valence-electron chi connectivity index (χ0n) is 15.4. The van der Waals surface area contributed by atoms with Crippen molar-refractivity contribution in [1.82, 2.24) is 20.2 Å². The topological polar surface area (TPSA) is 60.7 Å². The van der Waals surface area contributed by atoms with Gasteiger partial charge in [-0.1, -0.05) is 75.0 Å². The molecule has 0 saturated heterocycles. The molecule has 1 aromatic heterocycles. The number of Topliss-reactive ketones (excluding diaryl/α,β-unsaturated/α-hetero) is 1. The molecule has 3 aromatic rings.